The van der Waals surface area contributed by atoms with Gasteiger partial charge in [-0.3, -0.25) is 4.21 Å². The van der Waals surface area contributed by atoms with Crippen molar-refractivity contribution in [2.24, 2.45) is 5.92 Å². The van der Waals surface area contributed by atoms with E-state index in [0.29, 0.717) is 21.8 Å². The first-order valence-corrected chi connectivity index (χ1v) is 8.16. The van der Waals surface area contributed by atoms with Crippen LogP contribution in [0.4, 0.5) is 5.69 Å². The van der Waals surface area contributed by atoms with Gasteiger partial charge in [0.15, 0.2) is 5.16 Å². The summed E-state index contributed by atoms with van der Waals surface area (Å²) in [6, 6.07) is 5.67. The smallest absolute Gasteiger partial charge is 0.196 e. The van der Waals surface area contributed by atoms with E-state index in [0.717, 1.165) is 17.8 Å². The number of aromatic amines is 1. The van der Waals surface area contributed by atoms with Crippen molar-refractivity contribution >= 4 is 28.1 Å². The summed E-state index contributed by atoms with van der Waals surface area (Å²) in [5, 5.41) is 4.45. The second kappa shape index (κ2) is 6.90. The highest BCUT2D eigenvalue weighted by atomic mass is 35.5. The first-order valence-electron chi connectivity index (χ1n) is 6.47. The van der Waals surface area contributed by atoms with E-state index < -0.39 is 10.8 Å². The molecule has 0 amide bonds. The van der Waals surface area contributed by atoms with E-state index in [4.69, 9.17) is 11.6 Å². The lowest BCUT2D eigenvalue weighted by Gasteiger charge is -2.14. The SMILES string of the molecule is CC(C)CNc1cccc(Cl)c1CS(=O)c1ncc[nH]1. The molecule has 1 aromatic carbocycles. The van der Waals surface area contributed by atoms with Gasteiger partial charge in [-0.2, -0.15) is 0 Å². The van der Waals surface area contributed by atoms with Crippen LogP contribution in [0.3, 0.4) is 0 Å². The van der Waals surface area contributed by atoms with Crippen LogP contribution in [-0.4, -0.2) is 20.7 Å². The van der Waals surface area contributed by atoms with Gasteiger partial charge in [0.05, 0.1) is 16.6 Å². The van der Waals surface area contributed by atoms with Crippen LogP contribution in [0.2, 0.25) is 5.02 Å². The molecule has 6 heteroatoms. The van der Waals surface area contributed by atoms with Gasteiger partial charge in [0.1, 0.15) is 0 Å². The van der Waals surface area contributed by atoms with Gasteiger partial charge in [0.25, 0.3) is 0 Å². The molecule has 0 bridgehead atoms. The van der Waals surface area contributed by atoms with Crippen LogP contribution in [-0.2, 0) is 16.6 Å². The van der Waals surface area contributed by atoms with Crippen molar-refractivity contribution in [1.29, 1.82) is 0 Å². The summed E-state index contributed by atoms with van der Waals surface area (Å²) in [4.78, 5) is 6.90. The van der Waals surface area contributed by atoms with Crippen LogP contribution in [0.25, 0.3) is 0 Å². The molecule has 0 aliphatic carbocycles. The van der Waals surface area contributed by atoms with Crippen molar-refractivity contribution in [3.05, 3.63) is 41.2 Å². The lowest BCUT2D eigenvalue weighted by Crippen LogP contribution is -2.11. The van der Waals surface area contributed by atoms with Gasteiger partial charge in [0, 0.05) is 35.2 Å². The molecule has 0 aliphatic rings. The first kappa shape index (κ1) is 15.1. The van der Waals surface area contributed by atoms with Crippen molar-refractivity contribution in [3.8, 4) is 0 Å². The number of H-pyrrole nitrogens is 1. The van der Waals surface area contributed by atoms with Crippen LogP contribution in [0.1, 0.15) is 19.4 Å². The Hall–Kier alpha value is -1.33. The minimum absolute atomic E-state index is 0.341. The van der Waals surface area contributed by atoms with Gasteiger partial charge in [-0.25, -0.2) is 4.98 Å². The van der Waals surface area contributed by atoms with Crippen LogP contribution in [0.5, 0.6) is 0 Å². The summed E-state index contributed by atoms with van der Waals surface area (Å²) >= 11 is 6.25. The maximum atomic E-state index is 12.2. The molecular weight excluding hydrogens is 294 g/mol. The number of hydrogen-bond donors (Lipinski definition) is 2. The Bertz CT molecular complexity index is 584. The summed E-state index contributed by atoms with van der Waals surface area (Å²) in [6.45, 7) is 5.12. The van der Waals surface area contributed by atoms with E-state index in [1.807, 2.05) is 18.2 Å². The molecule has 1 aromatic heterocycles. The number of nitrogens with one attached hydrogen (secondary N) is 2. The Balaban J connectivity index is 2.19. The fraction of sp³-hybridized carbons (Fsp3) is 0.357. The molecule has 20 heavy (non-hydrogen) atoms. The summed E-state index contributed by atoms with van der Waals surface area (Å²) in [5.74, 6) is 0.866. The average Bonchev–Trinajstić information content (AvgIpc) is 2.93. The predicted octanol–water partition coefficient (Wildman–Crippen LogP) is 3.44. The summed E-state index contributed by atoms with van der Waals surface area (Å²) in [6.07, 6.45) is 3.26. The molecule has 2 rings (SSSR count). The third kappa shape index (κ3) is 3.84. The van der Waals surface area contributed by atoms with Gasteiger partial charge in [-0.15, -0.1) is 0 Å². The molecule has 0 saturated heterocycles. The molecule has 0 aliphatic heterocycles. The normalized spacial score (nSPS) is 12.6. The number of rotatable bonds is 6. The largest absolute Gasteiger partial charge is 0.384 e. The Labute approximate surface area is 126 Å². The predicted molar refractivity (Wildman–Crippen MR) is 83.5 cm³/mol. The Morgan fingerprint density at radius 1 is 1.45 bits per heavy atom. The number of benzene rings is 1. The zero-order valence-electron chi connectivity index (χ0n) is 11.5. The molecule has 0 saturated carbocycles. The zero-order valence-corrected chi connectivity index (χ0v) is 13.1. The molecule has 2 N–H and O–H groups in total. The second-order valence-electron chi connectivity index (χ2n) is 4.92. The van der Waals surface area contributed by atoms with Crippen LogP contribution in [0, 0.1) is 5.92 Å². The van der Waals surface area contributed by atoms with Crippen molar-refractivity contribution in [3.63, 3.8) is 0 Å². The van der Waals surface area contributed by atoms with E-state index in [1.54, 1.807) is 12.4 Å². The molecule has 1 heterocycles. The first-order chi connectivity index (χ1) is 9.58. The highest BCUT2D eigenvalue weighted by Crippen LogP contribution is 2.27. The minimum Gasteiger partial charge on any atom is -0.384 e. The van der Waals surface area contributed by atoms with Gasteiger partial charge in [-0.1, -0.05) is 31.5 Å². The van der Waals surface area contributed by atoms with Crippen molar-refractivity contribution in [1.82, 2.24) is 9.97 Å². The van der Waals surface area contributed by atoms with Crippen LogP contribution < -0.4 is 5.32 Å². The summed E-state index contributed by atoms with van der Waals surface area (Å²) < 4.78 is 12.2. The number of aromatic nitrogens is 2. The number of halogens is 1. The third-order valence-electron chi connectivity index (χ3n) is 2.78. The molecular formula is C14H18ClN3OS. The Morgan fingerprint density at radius 3 is 2.90 bits per heavy atom. The average molecular weight is 312 g/mol. The third-order valence-corrected chi connectivity index (χ3v) is 4.34. The quantitative estimate of drug-likeness (QED) is 0.859. The Morgan fingerprint density at radius 2 is 2.25 bits per heavy atom. The maximum Gasteiger partial charge on any atom is 0.196 e. The molecule has 108 valence electrons. The van der Waals surface area contributed by atoms with Crippen molar-refractivity contribution < 1.29 is 4.21 Å². The molecule has 0 spiro atoms. The standard InChI is InChI=1S/C14H18ClN3OS/c1-10(2)8-18-13-5-3-4-12(15)11(13)9-20(19)14-16-6-7-17-14/h3-7,10,18H,8-9H2,1-2H3,(H,16,17). The van der Waals surface area contributed by atoms with E-state index in [-0.39, 0.29) is 0 Å². The lowest BCUT2D eigenvalue weighted by molar-refractivity contribution is 0.676. The molecule has 1 unspecified atom stereocenters. The van der Waals surface area contributed by atoms with Crippen molar-refractivity contribution in [2.45, 2.75) is 24.8 Å². The maximum absolute atomic E-state index is 12.2. The monoisotopic (exact) mass is 311 g/mol. The lowest BCUT2D eigenvalue weighted by atomic mass is 10.1. The van der Waals surface area contributed by atoms with Crippen molar-refractivity contribution in [2.75, 3.05) is 11.9 Å². The fourth-order valence-electron chi connectivity index (χ4n) is 1.76. The molecule has 1 atom stereocenters. The molecule has 0 radical (unpaired) electrons. The highest BCUT2D eigenvalue weighted by molar-refractivity contribution is 7.84. The number of imidazole rings is 1. The number of nitrogens with zero attached hydrogens (tertiary/aromatic N) is 1. The fourth-order valence-corrected chi connectivity index (χ4v) is 3.17. The van der Waals surface area contributed by atoms with Crippen LogP contribution >= 0.6 is 11.6 Å². The van der Waals surface area contributed by atoms with Gasteiger partial charge in [0.2, 0.25) is 0 Å². The van der Waals surface area contributed by atoms with E-state index >= 15 is 0 Å². The van der Waals surface area contributed by atoms with Gasteiger partial charge in [-0.05, 0) is 18.1 Å². The molecule has 4 nitrogen and oxygen atoms in total. The summed E-state index contributed by atoms with van der Waals surface area (Å²) in [7, 11) is -1.23. The van der Waals surface area contributed by atoms with Gasteiger partial charge >= 0.3 is 0 Å². The topological polar surface area (TPSA) is 57.8 Å². The van der Waals surface area contributed by atoms with Gasteiger partial charge < -0.3 is 10.3 Å². The van der Waals surface area contributed by atoms with E-state index in [9.17, 15) is 4.21 Å². The minimum atomic E-state index is -1.23. The number of anilines is 1. The Kier molecular flexibility index (Phi) is 5.20. The number of hydrogen-bond acceptors (Lipinski definition) is 3. The van der Waals surface area contributed by atoms with E-state index in [2.05, 4.69) is 29.1 Å². The second-order valence-corrected chi connectivity index (χ2v) is 6.70. The molecule has 0 fully saturated rings. The van der Waals surface area contributed by atoms with E-state index in [1.165, 1.54) is 0 Å². The molecule has 2 aromatic rings. The van der Waals surface area contributed by atoms with Crippen LogP contribution in [0.15, 0.2) is 35.7 Å². The zero-order chi connectivity index (χ0) is 14.5. The summed E-state index contributed by atoms with van der Waals surface area (Å²) in [5.41, 5.74) is 1.80. The highest BCUT2D eigenvalue weighted by Gasteiger charge is 2.13.